The molecule has 1 N–H and O–H groups in total. The summed E-state index contributed by atoms with van der Waals surface area (Å²) in [6.45, 7) is 10.8. The third-order valence-corrected chi connectivity index (χ3v) is 6.53. The van der Waals surface area contributed by atoms with Gasteiger partial charge in [0.25, 0.3) is 11.6 Å². The van der Waals surface area contributed by atoms with Crippen LogP contribution in [0.4, 0.5) is 5.82 Å². The fourth-order valence-corrected chi connectivity index (χ4v) is 4.59. The minimum atomic E-state index is -0.0750. The van der Waals surface area contributed by atoms with Gasteiger partial charge < -0.3 is 14.7 Å². The minimum absolute atomic E-state index is 0.0221. The number of aromatic nitrogens is 3. The number of hydrogen-bond acceptors (Lipinski definition) is 7. The standard InChI is InChI=1S/C25H32N6O2/c1-16(2)23-22-19(14-20(18-7-8-18)28-25(22)33-29-23)24(32)27-17(3)15-30-10-12-31(13-11-30)21-6-4-5-9-26-21/h4-6,9,14,16-18H,7-8,10-13,15H2,1-3H3,(H,27,32). The summed E-state index contributed by atoms with van der Waals surface area (Å²) in [5, 5.41) is 8.20. The lowest BCUT2D eigenvalue weighted by molar-refractivity contribution is 0.0929. The fraction of sp³-hybridized carbons (Fsp3) is 0.520. The van der Waals surface area contributed by atoms with Crippen LogP contribution in [0.3, 0.4) is 0 Å². The molecule has 8 nitrogen and oxygen atoms in total. The molecule has 2 fully saturated rings. The number of fused-ring (bicyclic) bond motifs is 1. The van der Waals surface area contributed by atoms with Crippen molar-refractivity contribution in [1.29, 1.82) is 0 Å². The number of piperazine rings is 1. The van der Waals surface area contributed by atoms with Crippen molar-refractivity contribution >= 4 is 22.8 Å². The van der Waals surface area contributed by atoms with E-state index in [-0.39, 0.29) is 17.9 Å². The van der Waals surface area contributed by atoms with Gasteiger partial charge in [0.2, 0.25) is 0 Å². The zero-order chi connectivity index (χ0) is 22.9. The van der Waals surface area contributed by atoms with Gasteiger partial charge in [-0.1, -0.05) is 25.1 Å². The predicted octanol–water partition coefficient (Wildman–Crippen LogP) is 3.56. The molecule has 1 amide bonds. The average Bonchev–Trinajstić information content (AvgIpc) is 3.58. The molecular formula is C25H32N6O2. The Morgan fingerprint density at radius 1 is 1.18 bits per heavy atom. The van der Waals surface area contributed by atoms with Crippen LogP contribution in [-0.2, 0) is 0 Å². The Labute approximate surface area is 194 Å². The lowest BCUT2D eigenvalue weighted by Crippen LogP contribution is -2.51. The average molecular weight is 449 g/mol. The molecule has 1 aliphatic heterocycles. The first-order chi connectivity index (χ1) is 16.0. The molecule has 3 aromatic heterocycles. The molecule has 2 aliphatic rings. The first-order valence-electron chi connectivity index (χ1n) is 12.0. The highest BCUT2D eigenvalue weighted by Gasteiger charge is 2.30. The Kier molecular flexibility index (Phi) is 6.01. The van der Waals surface area contributed by atoms with Gasteiger partial charge in [0.05, 0.1) is 16.6 Å². The maximum atomic E-state index is 13.4. The van der Waals surface area contributed by atoms with Crippen molar-refractivity contribution in [2.75, 3.05) is 37.6 Å². The molecule has 1 saturated heterocycles. The van der Waals surface area contributed by atoms with Gasteiger partial charge in [-0.25, -0.2) is 9.97 Å². The van der Waals surface area contributed by atoms with E-state index in [1.165, 1.54) is 0 Å². The van der Waals surface area contributed by atoms with Gasteiger partial charge in [-0.15, -0.1) is 0 Å². The summed E-state index contributed by atoms with van der Waals surface area (Å²) < 4.78 is 5.53. The molecule has 0 spiro atoms. The number of carbonyl (C=O) groups excluding carboxylic acids is 1. The van der Waals surface area contributed by atoms with Gasteiger partial charge in [0.1, 0.15) is 5.82 Å². The van der Waals surface area contributed by atoms with E-state index in [2.05, 4.69) is 57.1 Å². The van der Waals surface area contributed by atoms with Crippen molar-refractivity contribution in [2.45, 2.75) is 51.5 Å². The number of nitrogens with one attached hydrogen (secondary N) is 1. The summed E-state index contributed by atoms with van der Waals surface area (Å²) in [5.74, 6) is 1.54. The summed E-state index contributed by atoms with van der Waals surface area (Å²) in [4.78, 5) is 27.2. The maximum absolute atomic E-state index is 13.4. The zero-order valence-corrected chi connectivity index (χ0v) is 19.6. The molecular weight excluding hydrogens is 416 g/mol. The molecule has 1 saturated carbocycles. The number of rotatable bonds is 7. The van der Waals surface area contributed by atoms with Crippen LogP contribution in [-0.4, -0.2) is 64.7 Å². The first-order valence-corrected chi connectivity index (χ1v) is 12.0. The Morgan fingerprint density at radius 2 is 1.97 bits per heavy atom. The van der Waals surface area contributed by atoms with Crippen molar-refractivity contribution in [3.05, 3.63) is 47.4 Å². The molecule has 0 bridgehead atoms. The number of anilines is 1. The van der Waals surface area contributed by atoms with Crippen molar-refractivity contribution in [1.82, 2.24) is 25.3 Å². The molecule has 5 rings (SSSR count). The van der Waals surface area contributed by atoms with Crippen LogP contribution in [0.2, 0.25) is 0 Å². The second-order valence-corrected chi connectivity index (χ2v) is 9.62. The van der Waals surface area contributed by atoms with Gasteiger partial charge in [-0.05, 0) is 43.9 Å². The van der Waals surface area contributed by atoms with Crippen molar-refractivity contribution in [2.24, 2.45) is 0 Å². The van der Waals surface area contributed by atoms with Gasteiger partial charge in [0, 0.05) is 56.6 Å². The quantitative estimate of drug-likeness (QED) is 0.591. The van der Waals surface area contributed by atoms with Crippen LogP contribution < -0.4 is 10.2 Å². The van der Waals surface area contributed by atoms with Crippen molar-refractivity contribution in [3.63, 3.8) is 0 Å². The lowest BCUT2D eigenvalue weighted by atomic mass is 10.0. The Hall–Kier alpha value is -3.00. The third-order valence-electron chi connectivity index (χ3n) is 6.53. The van der Waals surface area contributed by atoms with E-state index in [9.17, 15) is 4.79 Å². The highest BCUT2D eigenvalue weighted by atomic mass is 16.5. The molecule has 8 heteroatoms. The lowest BCUT2D eigenvalue weighted by Gasteiger charge is -2.36. The number of amides is 1. The van der Waals surface area contributed by atoms with Crippen LogP contribution in [0.1, 0.15) is 67.2 Å². The maximum Gasteiger partial charge on any atom is 0.259 e. The second kappa shape index (κ2) is 9.09. The molecule has 0 aromatic carbocycles. The van der Waals surface area contributed by atoms with Crippen LogP contribution in [0.15, 0.2) is 35.0 Å². The molecule has 4 heterocycles. The highest BCUT2D eigenvalue weighted by molar-refractivity contribution is 6.06. The van der Waals surface area contributed by atoms with Crippen LogP contribution in [0.25, 0.3) is 11.1 Å². The summed E-state index contributed by atoms with van der Waals surface area (Å²) >= 11 is 0. The van der Waals surface area contributed by atoms with Crippen LogP contribution >= 0.6 is 0 Å². The van der Waals surface area contributed by atoms with E-state index < -0.39 is 0 Å². The zero-order valence-electron chi connectivity index (χ0n) is 19.6. The van der Waals surface area contributed by atoms with Crippen LogP contribution in [0.5, 0.6) is 0 Å². The normalized spacial score (nSPS) is 18.1. The second-order valence-electron chi connectivity index (χ2n) is 9.62. The van der Waals surface area contributed by atoms with E-state index in [4.69, 9.17) is 4.52 Å². The SMILES string of the molecule is CC(CN1CCN(c2ccccn2)CC1)NC(=O)c1cc(C2CC2)nc2onc(C(C)C)c12. The van der Waals surface area contributed by atoms with Crippen LogP contribution in [0, 0.1) is 0 Å². The molecule has 33 heavy (non-hydrogen) atoms. The number of carbonyl (C=O) groups is 1. The number of hydrogen-bond donors (Lipinski definition) is 1. The highest BCUT2D eigenvalue weighted by Crippen LogP contribution is 2.41. The fourth-order valence-electron chi connectivity index (χ4n) is 4.59. The molecule has 0 radical (unpaired) electrons. The third kappa shape index (κ3) is 4.71. The predicted molar refractivity (Wildman–Crippen MR) is 128 cm³/mol. The van der Waals surface area contributed by atoms with Gasteiger partial charge in [-0.3, -0.25) is 9.69 Å². The summed E-state index contributed by atoms with van der Waals surface area (Å²) in [6.07, 6.45) is 4.07. The van der Waals surface area contributed by atoms with E-state index in [1.807, 2.05) is 24.4 Å². The monoisotopic (exact) mass is 448 g/mol. The molecule has 1 atom stereocenters. The van der Waals surface area contributed by atoms with Crippen molar-refractivity contribution in [3.8, 4) is 0 Å². The van der Waals surface area contributed by atoms with E-state index in [0.717, 1.165) is 68.2 Å². The Morgan fingerprint density at radius 3 is 2.64 bits per heavy atom. The molecule has 1 aliphatic carbocycles. The molecule has 3 aromatic rings. The largest absolute Gasteiger partial charge is 0.354 e. The van der Waals surface area contributed by atoms with Gasteiger partial charge in [0.15, 0.2) is 0 Å². The summed E-state index contributed by atoms with van der Waals surface area (Å²) in [6, 6.07) is 8.00. The Bertz CT molecular complexity index is 1120. The van der Waals surface area contributed by atoms with E-state index in [0.29, 0.717) is 17.2 Å². The number of pyridine rings is 2. The smallest absolute Gasteiger partial charge is 0.259 e. The summed E-state index contributed by atoms with van der Waals surface area (Å²) in [5.41, 5.74) is 2.85. The minimum Gasteiger partial charge on any atom is -0.354 e. The topological polar surface area (TPSA) is 87.4 Å². The van der Waals surface area contributed by atoms with Crippen molar-refractivity contribution < 1.29 is 9.32 Å². The Balaban J connectivity index is 1.25. The van der Waals surface area contributed by atoms with E-state index in [1.54, 1.807) is 0 Å². The molecule has 1 unspecified atom stereocenters. The van der Waals surface area contributed by atoms with E-state index >= 15 is 0 Å². The number of nitrogens with zero attached hydrogens (tertiary/aromatic N) is 5. The van der Waals surface area contributed by atoms with Gasteiger partial charge in [-0.2, -0.15) is 0 Å². The van der Waals surface area contributed by atoms with Gasteiger partial charge >= 0.3 is 0 Å². The summed E-state index contributed by atoms with van der Waals surface area (Å²) in [7, 11) is 0. The first kappa shape index (κ1) is 21.8. The molecule has 174 valence electrons.